The normalized spacial score (nSPS) is 21.5. The summed E-state index contributed by atoms with van der Waals surface area (Å²) in [5.74, 6) is -0.326. The van der Waals surface area contributed by atoms with Crippen LogP contribution in [-0.4, -0.2) is 29.0 Å². The van der Waals surface area contributed by atoms with E-state index >= 15 is 0 Å². The fraction of sp³-hybridized carbons (Fsp3) is 0.556. The first-order valence-electron chi connectivity index (χ1n) is 8.94. The number of nitrogens with zero attached hydrogens (tertiary/aromatic N) is 2. The van der Waals surface area contributed by atoms with Crippen LogP contribution in [0.5, 0.6) is 0 Å². The highest BCUT2D eigenvalue weighted by Gasteiger charge is 2.33. The fourth-order valence-electron chi connectivity index (χ4n) is 3.36. The molecule has 2 fully saturated rings. The van der Waals surface area contributed by atoms with Crippen LogP contribution in [0.15, 0.2) is 23.1 Å². The van der Waals surface area contributed by atoms with E-state index < -0.39 is 17.6 Å². The molecule has 2 heterocycles. The fourth-order valence-corrected chi connectivity index (χ4v) is 3.36. The lowest BCUT2D eigenvalue weighted by Gasteiger charge is -2.22. The van der Waals surface area contributed by atoms with Crippen molar-refractivity contribution >= 4 is 17.5 Å². The van der Waals surface area contributed by atoms with Gasteiger partial charge in [0.15, 0.2) is 0 Å². The number of hydrogen-bond donors (Lipinski definition) is 3. The zero-order chi connectivity index (χ0) is 18.7. The van der Waals surface area contributed by atoms with Gasteiger partial charge in [0.1, 0.15) is 12.1 Å². The molecule has 2 unspecified atom stereocenters. The smallest absolute Gasteiger partial charge is 0.274 e. The molecule has 0 radical (unpaired) electrons. The number of rotatable bonds is 7. The van der Waals surface area contributed by atoms with Crippen molar-refractivity contribution < 1.29 is 9.59 Å². The van der Waals surface area contributed by atoms with Crippen molar-refractivity contribution in [2.45, 2.75) is 44.2 Å². The summed E-state index contributed by atoms with van der Waals surface area (Å²) in [6.07, 6.45) is 5.09. The summed E-state index contributed by atoms with van der Waals surface area (Å²) >= 11 is 0. The van der Waals surface area contributed by atoms with E-state index in [-0.39, 0.29) is 29.8 Å². The molecule has 2 amide bonds. The molecule has 26 heavy (non-hydrogen) atoms. The van der Waals surface area contributed by atoms with E-state index in [1.165, 1.54) is 10.6 Å². The molecule has 8 heteroatoms. The van der Waals surface area contributed by atoms with Crippen molar-refractivity contribution in [3.8, 4) is 6.07 Å². The first kappa shape index (κ1) is 18.0. The van der Waals surface area contributed by atoms with Gasteiger partial charge < -0.3 is 20.9 Å². The minimum absolute atomic E-state index is 0.0823. The van der Waals surface area contributed by atoms with Gasteiger partial charge in [-0.2, -0.15) is 5.26 Å². The summed E-state index contributed by atoms with van der Waals surface area (Å²) in [7, 11) is 0. The lowest BCUT2D eigenvalue weighted by atomic mass is 9.98. The van der Waals surface area contributed by atoms with Gasteiger partial charge in [0, 0.05) is 18.7 Å². The number of carbonyl (C=O) groups is 2. The van der Waals surface area contributed by atoms with E-state index in [2.05, 4.69) is 16.7 Å². The van der Waals surface area contributed by atoms with Crippen LogP contribution in [0.25, 0.3) is 0 Å². The summed E-state index contributed by atoms with van der Waals surface area (Å²) in [6.45, 7) is 0.596. The molecule has 0 bridgehead atoms. The summed E-state index contributed by atoms with van der Waals surface area (Å²) in [5, 5.41) is 14.8. The predicted molar refractivity (Wildman–Crippen MR) is 94.8 cm³/mol. The first-order chi connectivity index (χ1) is 12.5. The second kappa shape index (κ2) is 7.60. The predicted octanol–water partition coefficient (Wildman–Crippen LogP) is 0.306. The van der Waals surface area contributed by atoms with Gasteiger partial charge in [0.05, 0.1) is 11.8 Å². The Bertz CT molecular complexity index is 793. The number of pyridine rings is 1. The molecular weight excluding hydrogens is 334 g/mol. The van der Waals surface area contributed by atoms with Gasteiger partial charge >= 0.3 is 0 Å². The molecule has 1 saturated carbocycles. The van der Waals surface area contributed by atoms with Crippen LogP contribution in [0.4, 0.5) is 5.69 Å². The molecule has 4 N–H and O–H groups in total. The molecular formula is C18H23N5O3. The maximum Gasteiger partial charge on any atom is 0.274 e. The quantitative estimate of drug-likeness (QED) is 0.646. The van der Waals surface area contributed by atoms with Crippen LogP contribution < -0.4 is 21.9 Å². The topological polar surface area (TPSA) is 130 Å². The molecule has 1 aromatic heterocycles. The summed E-state index contributed by atoms with van der Waals surface area (Å²) in [5.41, 5.74) is 5.37. The van der Waals surface area contributed by atoms with Gasteiger partial charge in [-0.15, -0.1) is 0 Å². The maximum absolute atomic E-state index is 12.8. The van der Waals surface area contributed by atoms with Crippen molar-refractivity contribution in [3.63, 3.8) is 0 Å². The van der Waals surface area contributed by atoms with Crippen molar-refractivity contribution in [3.05, 3.63) is 28.7 Å². The Morgan fingerprint density at radius 3 is 2.77 bits per heavy atom. The highest BCUT2D eigenvalue weighted by molar-refractivity contribution is 5.82. The van der Waals surface area contributed by atoms with Crippen LogP contribution in [0.2, 0.25) is 0 Å². The van der Waals surface area contributed by atoms with Gasteiger partial charge in [-0.1, -0.05) is 12.8 Å². The second-order valence-corrected chi connectivity index (χ2v) is 7.07. The molecule has 1 aromatic rings. The number of aromatic nitrogens is 1. The monoisotopic (exact) mass is 357 g/mol. The number of nitrogens with two attached hydrogens (primary N) is 1. The van der Waals surface area contributed by atoms with Crippen LogP contribution >= 0.6 is 0 Å². The molecule has 1 aliphatic heterocycles. The van der Waals surface area contributed by atoms with Crippen molar-refractivity contribution in [2.24, 2.45) is 11.8 Å². The molecule has 138 valence electrons. The standard InChI is InChI=1S/C18H23N5O3/c19-10-13(9-12-5-6-21-16(12)24)22-17(25)15(8-11-3-4-11)23-7-1-2-14(20)18(23)26/h1-2,7,11-13,15H,3-6,8-9,20H2,(H,21,24)(H,22,25)/t12-,13?,15?/m0/s1. The zero-order valence-electron chi connectivity index (χ0n) is 14.5. The Morgan fingerprint density at radius 1 is 1.38 bits per heavy atom. The SMILES string of the molecule is N#CC(C[C@@H]1CCNC1=O)NC(=O)C(CC1CC1)n1cccc(N)c1=O. The van der Waals surface area contributed by atoms with Crippen molar-refractivity contribution in [1.82, 2.24) is 15.2 Å². The van der Waals surface area contributed by atoms with E-state index in [4.69, 9.17) is 5.73 Å². The molecule has 1 aliphatic carbocycles. The third-order valence-electron chi connectivity index (χ3n) is 5.05. The summed E-state index contributed by atoms with van der Waals surface area (Å²) < 4.78 is 1.35. The summed E-state index contributed by atoms with van der Waals surface area (Å²) in [6, 6.07) is 3.72. The lowest BCUT2D eigenvalue weighted by molar-refractivity contribution is -0.126. The van der Waals surface area contributed by atoms with E-state index in [9.17, 15) is 19.6 Å². The first-order valence-corrected chi connectivity index (χ1v) is 8.94. The number of anilines is 1. The van der Waals surface area contributed by atoms with E-state index in [0.29, 0.717) is 25.3 Å². The van der Waals surface area contributed by atoms with E-state index in [1.54, 1.807) is 12.3 Å². The van der Waals surface area contributed by atoms with Gasteiger partial charge in [-0.25, -0.2) is 0 Å². The van der Waals surface area contributed by atoms with Crippen LogP contribution in [-0.2, 0) is 9.59 Å². The van der Waals surface area contributed by atoms with Crippen molar-refractivity contribution in [1.29, 1.82) is 5.26 Å². The number of nitrogen functional groups attached to an aromatic ring is 1. The van der Waals surface area contributed by atoms with Crippen molar-refractivity contribution in [2.75, 3.05) is 12.3 Å². The largest absolute Gasteiger partial charge is 0.394 e. The van der Waals surface area contributed by atoms with Gasteiger partial charge in [-0.3, -0.25) is 14.4 Å². The minimum atomic E-state index is -0.769. The number of nitriles is 1. The number of nitrogens with one attached hydrogen (secondary N) is 2. The lowest BCUT2D eigenvalue weighted by Crippen LogP contribution is -2.43. The Kier molecular flexibility index (Phi) is 5.26. The van der Waals surface area contributed by atoms with E-state index in [1.807, 2.05) is 0 Å². The van der Waals surface area contributed by atoms with Gasteiger partial charge in [0.2, 0.25) is 11.8 Å². The molecule has 0 aromatic carbocycles. The Labute approximate surface area is 151 Å². The highest BCUT2D eigenvalue weighted by atomic mass is 16.2. The summed E-state index contributed by atoms with van der Waals surface area (Å²) in [4.78, 5) is 36.9. The Balaban J connectivity index is 1.74. The molecule has 2 aliphatic rings. The number of amides is 2. The van der Waals surface area contributed by atoms with Gasteiger partial charge in [0.25, 0.3) is 5.56 Å². The maximum atomic E-state index is 12.8. The molecule has 8 nitrogen and oxygen atoms in total. The third-order valence-corrected chi connectivity index (χ3v) is 5.05. The average molecular weight is 357 g/mol. The third kappa shape index (κ3) is 4.04. The number of hydrogen-bond acceptors (Lipinski definition) is 5. The average Bonchev–Trinajstić information content (AvgIpc) is 3.36. The molecule has 0 spiro atoms. The molecule has 1 saturated heterocycles. The zero-order valence-corrected chi connectivity index (χ0v) is 14.5. The second-order valence-electron chi connectivity index (χ2n) is 7.07. The van der Waals surface area contributed by atoms with Crippen LogP contribution in [0.3, 0.4) is 0 Å². The van der Waals surface area contributed by atoms with E-state index in [0.717, 1.165) is 12.8 Å². The molecule has 3 atom stereocenters. The molecule has 3 rings (SSSR count). The van der Waals surface area contributed by atoms with Crippen LogP contribution in [0, 0.1) is 23.2 Å². The highest BCUT2D eigenvalue weighted by Crippen LogP contribution is 2.36. The van der Waals surface area contributed by atoms with Gasteiger partial charge in [-0.05, 0) is 37.3 Å². The number of carbonyl (C=O) groups excluding carboxylic acids is 2. The van der Waals surface area contributed by atoms with Crippen LogP contribution in [0.1, 0.15) is 38.1 Å². The minimum Gasteiger partial charge on any atom is -0.394 e. The Hall–Kier alpha value is -2.82. The Morgan fingerprint density at radius 2 is 2.15 bits per heavy atom.